The zero-order chi connectivity index (χ0) is 9.56. The number of hydrogen-bond acceptors (Lipinski definition) is 4. The normalized spacial score (nSPS) is 15.6. The van der Waals surface area contributed by atoms with Crippen LogP contribution in [0.2, 0.25) is 0 Å². The second-order valence-corrected chi connectivity index (χ2v) is 2.71. The first-order valence-electron chi connectivity index (χ1n) is 3.85. The maximum absolute atomic E-state index is 10.2. The summed E-state index contributed by atoms with van der Waals surface area (Å²) in [7, 11) is 0. The van der Waals surface area contributed by atoms with Crippen LogP contribution in [-0.4, -0.2) is 40.0 Å². The van der Waals surface area contributed by atoms with Crippen LogP contribution in [0.3, 0.4) is 0 Å². The number of aliphatic hydroxyl groups is 2. The zero-order valence-electron chi connectivity index (χ0n) is 6.81. The largest absolute Gasteiger partial charge is 0.480 e. The lowest BCUT2D eigenvalue weighted by molar-refractivity contribution is -0.138. The van der Waals surface area contributed by atoms with E-state index in [1.807, 2.05) is 0 Å². The predicted octanol–water partition coefficient (Wildman–Crippen LogP) is -1.08. The number of rotatable bonds is 6. The van der Waals surface area contributed by atoms with Gasteiger partial charge in [0.15, 0.2) is 0 Å². The summed E-state index contributed by atoms with van der Waals surface area (Å²) in [6.45, 7) is -0.289. The van der Waals surface area contributed by atoms with Gasteiger partial charge < -0.3 is 21.1 Å². The van der Waals surface area contributed by atoms with Crippen molar-refractivity contribution in [2.24, 2.45) is 5.73 Å². The van der Waals surface area contributed by atoms with Crippen molar-refractivity contribution in [1.82, 2.24) is 0 Å². The number of aliphatic carboxylic acids is 1. The van der Waals surface area contributed by atoms with E-state index in [-0.39, 0.29) is 6.61 Å². The predicted molar refractivity (Wildman–Crippen MR) is 42.6 cm³/mol. The third-order valence-electron chi connectivity index (χ3n) is 1.58. The highest BCUT2D eigenvalue weighted by Crippen LogP contribution is 2.02. The van der Waals surface area contributed by atoms with Crippen LogP contribution in [0.5, 0.6) is 0 Å². The molecule has 5 N–H and O–H groups in total. The summed E-state index contributed by atoms with van der Waals surface area (Å²) in [4.78, 5) is 10.2. The van der Waals surface area contributed by atoms with Gasteiger partial charge in [0.1, 0.15) is 6.04 Å². The van der Waals surface area contributed by atoms with E-state index < -0.39 is 18.1 Å². The van der Waals surface area contributed by atoms with Gasteiger partial charge in [0, 0.05) is 0 Å². The molecular weight excluding hydrogens is 162 g/mol. The molecule has 0 aliphatic carbocycles. The minimum absolute atomic E-state index is 0.289. The monoisotopic (exact) mass is 177 g/mol. The van der Waals surface area contributed by atoms with E-state index in [9.17, 15) is 4.79 Å². The molecule has 0 saturated carbocycles. The Balaban J connectivity index is 3.37. The Bertz CT molecular complexity index is 139. The van der Waals surface area contributed by atoms with Crippen molar-refractivity contribution in [3.8, 4) is 0 Å². The Morgan fingerprint density at radius 2 is 2.00 bits per heavy atom. The van der Waals surface area contributed by atoms with Crippen LogP contribution < -0.4 is 5.73 Å². The maximum Gasteiger partial charge on any atom is 0.320 e. The van der Waals surface area contributed by atoms with Crippen LogP contribution in [-0.2, 0) is 4.79 Å². The van der Waals surface area contributed by atoms with Crippen molar-refractivity contribution in [2.75, 3.05) is 6.61 Å². The molecule has 0 aliphatic heterocycles. The highest BCUT2D eigenvalue weighted by Gasteiger charge is 2.11. The average Bonchev–Trinajstić information content (AvgIpc) is 2.03. The number of aliphatic hydroxyl groups excluding tert-OH is 2. The van der Waals surface area contributed by atoms with E-state index in [1.54, 1.807) is 0 Å². The van der Waals surface area contributed by atoms with Gasteiger partial charge in [-0.05, 0) is 19.3 Å². The number of carboxylic acid groups (broad SMARTS) is 1. The minimum Gasteiger partial charge on any atom is -0.480 e. The molecule has 0 aromatic rings. The minimum atomic E-state index is -1.03. The Kier molecular flexibility index (Phi) is 5.61. The highest BCUT2D eigenvalue weighted by molar-refractivity contribution is 5.72. The van der Waals surface area contributed by atoms with E-state index >= 15 is 0 Å². The molecule has 0 rings (SSSR count). The smallest absolute Gasteiger partial charge is 0.320 e. The van der Waals surface area contributed by atoms with Crippen molar-refractivity contribution in [2.45, 2.75) is 31.4 Å². The zero-order valence-corrected chi connectivity index (χ0v) is 6.81. The third-order valence-corrected chi connectivity index (χ3v) is 1.58. The molecule has 0 fully saturated rings. The molecule has 1 unspecified atom stereocenters. The van der Waals surface area contributed by atoms with Crippen molar-refractivity contribution < 1.29 is 20.1 Å². The molecule has 0 amide bonds. The molecule has 0 radical (unpaired) electrons. The van der Waals surface area contributed by atoms with Gasteiger partial charge >= 0.3 is 5.97 Å². The Labute approximate surface area is 70.8 Å². The van der Waals surface area contributed by atoms with Crippen LogP contribution >= 0.6 is 0 Å². The van der Waals surface area contributed by atoms with Gasteiger partial charge in [-0.25, -0.2) is 0 Å². The summed E-state index contributed by atoms with van der Waals surface area (Å²) in [5.74, 6) is -1.03. The Hall–Kier alpha value is -0.650. The summed E-state index contributed by atoms with van der Waals surface area (Å²) >= 11 is 0. The van der Waals surface area contributed by atoms with Crippen molar-refractivity contribution in [3.05, 3.63) is 0 Å². The lowest BCUT2D eigenvalue weighted by atomic mass is 10.1. The van der Waals surface area contributed by atoms with E-state index in [2.05, 4.69) is 0 Å². The average molecular weight is 177 g/mol. The molecule has 5 heteroatoms. The summed E-state index contributed by atoms with van der Waals surface area (Å²) in [5.41, 5.74) is 5.20. The van der Waals surface area contributed by atoms with Gasteiger partial charge in [0.05, 0.1) is 12.7 Å². The van der Waals surface area contributed by atoms with E-state index in [1.165, 1.54) is 0 Å². The van der Waals surface area contributed by atoms with Gasteiger partial charge in [0.25, 0.3) is 0 Å². The first-order valence-corrected chi connectivity index (χ1v) is 3.85. The molecule has 0 aromatic heterocycles. The van der Waals surface area contributed by atoms with Gasteiger partial charge in [-0.1, -0.05) is 0 Å². The van der Waals surface area contributed by atoms with Gasteiger partial charge in [0.2, 0.25) is 0 Å². The van der Waals surface area contributed by atoms with Crippen molar-refractivity contribution in [3.63, 3.8) is 0 Å². The topological polar surface area (TPSA) is 104 Å². The first-order chi connectivity index (χ1) is 5.57. The molecule has 5 nitrogen and oxygen atoms in total. The Morgan fingerprint density at radius 1 is 1.42 bits per heavy atom. The van der Waals surface area contributed by atoms with Crippen LogP contribution in [0.25, 0.3) is 0 Å². The number of nitrogens with two attached hydrogens (primary N) is 1. The SMILES string of the molecule is N[C@@H](CCCC(O)CO)C(=O)O. The summed E-state index contributed by atoms with van der Waals surface area (Å²) < 4.78 is 0. The van der Waals surface area contributed by atoms with E-state index in [0.717, 1.165) is 0 Å². The van der Waals surface area contributed by atoms with Crippen LogP contribution in [0.1, 0.15) is 19.3 Å². The molecular formula is C7H15NO4. The summed E-state index contributed by atoms with van der Waals surface area (Å²) in [5, 5.41) is 25.7. The molecule has 0 heterocycles. The molecule has 2 atom stereocenters. The molecule has 0 aliphatic rings. The lowest BCUT2D eigenvalue weighted by Crippen LogP contribution is -2.30. The molecule has 72 valence electrons. The Morgan fingerprint density at radius 3 is 2.42 bits per heavy atom. The second kappa shape index (κ2) is 5.93. The fourth-order valence-corrected chi connectivity index (χ4v) is 0.788. The standard InChI is InChI=1S/C7H15NO4/c8-6(7(11)12)3-1-2-5(10)4-9/h5-6,9-10H,1-4,8H2,(H,11,12)/t5?,6-/m0/s1. The third kappa shape index (κ3) is 5.06. The quantitative estimate of drug-likeness (QED) is 0.413. The fourth-order valence-electron chi connectivity index (χ4n) is 0.788. The maximum atomic E-state index is 10.2. The fraction of sp³-hybridized carbons (Fsp3) is 0.857. The van der Waals surface area contributed by atoms with Crippen molar-refractivity contribution in [1.29, 1.82) is 0 Å². The van der Waals surface area contributed by atoms with E-state index in [0.29, 0.717) is 19.3 Å². The first kappa shape index (κ1) is 11.4. The molecule has 0 aromatic carbocycles. The molecule has 0 spiro atoms. The molecule has 12 heavy (non-hydrogen) atoms. The van der Waals surface area contributed by atoms with Crippen LogP contribution in [0.15, 0.2) is 0 Å². The van der Waals surface area contributed by atoms with Gasteiger partial charge in [-0.3, -0.25) is 4.79 Å². The summed E-state index contributed by atoms with van der Waals surface area (Å²) in [6, 6.07) is -0.865. The van der Waals surface area contributed by atoms with Crippen LogP contribution in [0, 0.1) is 0 Å². The molecule has 0 bridgehead atoms. The van der Waals surface area contributed by atoms with Gasteiger partial charge in [-0.15, -0.1) is 0 Å². The van der Waals surface area contributed by atoms with Crippen molar-refractivity contribution >= 4 is 5.97 Å². The van der Waals surface area contributed by atoms with Crippen LogP contribution in [0.4, 0.5) is 0 Å². The number of carboxylic acids is 1. The summed E-state index contributed by atoms with van der Waals surface area (Å²) in [6.07, 6.45) is 0.463. The van der Waals surface area contributed by atoms with E-state index in [4.69, 9.17) is 21.1 Å². The van der Waals surface area contributed by atoms with Gasteiger partial charge in [-0.2, -0.15) is 0 Å². The second-order valence-electron chi connectivity index (χ2n) is 2.71. The molecule has 0 saturated heterocycles. The number of hydrogen-bond donors (Lipinski definition) is 4. The number of carbonyl (C=O) groups is 1. The lowest BCUT2D eigenvalue weighted by Gasteiger charge is -2.08. The highest BCUT2D eigenvalue weighted by atomic mass is 16.4.